The number of nitrogens with zero attached hydrogens (tertiary/aromatic N) is 5. The highest BCUT2D eigenvalue weighted by Crippen LogP contribution is 2.26. The number of non-ortho nitro benzene ring substituents is 1. The molecule has 0 atom stereocenters. The second-order valence-electron chi connectivity index (χ2n) is 8.14. The Balaban J connectivity index is 1.55. The fourth-order valence-corrected chi connectivity index (χ4v) is 3.85. The Hall–Kier alpha value is -5.04. The van der Waals surface area contributed by atoms with Crippen LogP contribution in [0.4, 0.5) is 11.4 Å². The van der Waals surface area contributed by atoms with Crippen molar-refractivity contribution in [2.45, 2.75) is 6.54 Å². The van der Waals surface area contributed by atoms with E-state index in [1.807, 2.05) is 90.1 Å². The van der Waals surface area contributed by atoms with Crippen LogP contribution in [-0.4, -0.2) is 20.9 Å². The van der Waals surface area contributed by atoms with Gasteiger partial charge in [0.2, 0.25) is 0 Å². The van der Waals surface area contributed by atoms with Gasteiger partial charge in [-0.15, -0.1) is 0 Å². The summed E-state index contributed by atoms with van der Waals surface area (Å²) < 4.78 is 1.79. The Morgan fingerprint density at radius 3 is 2.08 bits per heavy atom. The van der Waals surface area contributed by atoms with Gasteiger partial charge in [-0.05, 0) is 42.0 Å². The van der Waals surface area contributed by atoms with Gasteiger partial charge in [0, 0.05) is 29.5 Å². The molecule has 0 unspecified atom stereocenters. The van der Waals surface area contributed by atoms with Crippen LogP contribution >= 0.6 is 0 Å². The Labute approximate surface area is 208 Å². The zero-order valence-electron chi connectivity index (χ0n) is 19.4. The molecule has 0 saturated carbocycles. The molecule has 176 valence electrons. The average Bonchev–Trinajstić information content (AvgIpc) is 3.37. The lowest BCUT2D eigenvalue weighted by atomic mass is 10.1. The lowest BCUT2D eigenvalue weighted by Gasteiger charge is -2.19. The summed E-state index contributed by atoms with van der Waals surface area (Å²) in [4.78, 5) is 10.7. The van der Waals surface area contributed by atoms with Gasteiger partial charge in [0.05, 0.1) is 29.1 Å². The maximum atomic E-state index is 11.1. The summed E-state index contributed by atoms with van der Waals surface area (Å²) in [6.45, 7) is 0.598. The molecule has 0 N–H and O–H groups in total. The fraction of sp³-hybridized carbons (Fsp3) is 0.0345. The van der Waals surface area contributed by atoms with Crippen LogP contribution < -0.4 is 5.01 Å². The first-order chi connectivity index (χ1) is 17.7. The molecule has 0 saturated heterocycles. The summed E-state index contributed by atoms with van der Waals surface area (Å²) in [6, 6.07) is 36.4. The second kappa shape index (κ2) is 10.5. The summed E-state index contributed by atoms with van der Waals surface area (Å²) in [5, 5.41) is 22.7. The number of rotatable bonds is 8. The first-order valence-corrected chi connectivity index (χ1v) is 11.5. The minimum atomic E-state index is -0.407. The van der Waals surface area contributed by atoms with Crippen molar-refractivity contribution in [3.05, 3.63) is 143 Å². The Morgan fingerprint density at radius 1 is 0.833 bits per heavy atom. The summed E-state index contributed by atoms with van der Waals surface area (Å²) in [5.41, 5.74) is 5.29. The molecule has 5 rings (SSSR count). The van der Waals surface area contributed by atoms with Crippen LogP contribution in [0.3, 0.4) is 0 Å². The Morgan fingerprint density at radius 2 is 1.44 bits per heavy atom. The highest BCUT2D eigenvalue weighted by atomic mass is 16.6. The van der Waals surface area contributed by atoms with Crippen molar-refractivity contribution < 1.29 is 4.92 Å². The topological polar surface area (TPSA) is 76.6 Å². The molecule has 36 heavy (non-hydrogen) atoms. The minimum absolute atomic E-state index is 0.0366. The molecule has 0 fully saturated rings. The van der Waals surface area contributed by atoms with Gasteiger partial charge in [-0.25, -0.2) is 4.68 Å². The molecule has 1 aromatic heterocycles. The number of nitro groups is 1. The molecular weight excluding hydrogens is 450 g/mol. The molecule has 0 aliphatic rings. The molecule has 7 nitrogen and oxygen atoms in total. The zero-order chi connectivity index (χ0) is 24.7. The van der Waals surface area contributed by atoms with Gasteiger partial charge in [0.25, 0.3) is 5.69 Å². The number of benzene rings is 4. The van der Waals surface area contributed by atoms with Crippen molar-refractivity contribution in [2.75, 3.05) is 5.01 Å². The lowest BCUT2D eigenvalue weighted by Crippen LogP contribution is -2.16. The molecule has 0 spiro atoms. The standard InChI is InChI=1S/C29H23N5O2/c35-34(36)28-18-16-24(17-19-28)29-25(22-33(31-29)27-14-8-3-9-15-27)20-30-32(26-12-6-2-7-13-26)21-23-10-4-1-5-11-23/h1-20,22H,21H2/b30-20-. The van der Waals surface area contributed by atoms with Crippen LogP contribution in [0.1, 0.15) is 11.1 Å². The van der Waals surface area contributed by atoms with Crippen molar-refractivity contribution in [2.24, 2.45) is 5.10 Å². The van der Waals surface area contributed by atoms with Crippen molar-refractivity contribution in [3.8, 4) is 16.9 Å². The number of hydrogen-bond acceptors (Lipinski definition) is 5. The number of nitro benzene ring substituents is 1. The third-order valence-corrected chi connectivity index (χ3v) is 5.68. The highest BCUT2D eigenvalue weighted by Gasteiger charge is 2.14. The van der Waals surface area contributed by atoms with Crippen LogP contribution in [0.25, 0.3) is 16.9 Å². The number of hydrazone groups is 1. The quantitative estimate of drug-likeness (QED) is 0.147. The first-order valence-electron chi connectivity index (χ1n) is 11.5. The van der Waals surface area contributed by atoms with Gasteiger partial charge in [-0.3, -0.25) is 15.1 Å². The third-order valence-electron chi connectivity index (χ3n) is 5.68. The Bertz CT molecular complexity index is 1470. The van der Waals surface area contributed by atoms with Crippen LogP contribution in [-0.2, 0) is 6.54 Å². The highest BCUT2D eigenvalue weighted by molar-refractivity contribution is 5.89. The Kier molecular flexibility index (Phi) is 6.62. The van der Waals surface area contributed by atoms with E-state index in [0.29, 0.717) is 12.2 Å². The van der Waals surface area contributed by atoms with E-state index in [4.69, 9.17) is 10.2 Å². The summed E-state index contributed by atoms with van der Waals surface area (Å²) in [6.07, 6.45) is 3.71. The minimum Gasteiger partial charge on any atom is -0.261 e. The second-order valence-corrected chi connectivity index (χ2v) is 8.14. The van der Waals surface area contributed by atoms with Gasteiger partial charge >= 0.3 is 0 Å². The van der Waals surface area contributed by atoms with Gasteiger partial charge in [0.1, 0.15) is 5.69 Å². The maximum absolute atomic E-state index is 11.1. The number of para-hydroxylation sites is 2. The first kappa shape index (κ1) is 22.7. The van der Waals surface area contributed by atoms with E-state index < -0.39 is 4.92 Å². The van der Waals surface area contributed by atoms with E-state index in [1.165, 1.54) is 12.1 Å². The fourth-order valence-electron chi connectivity index (χ4n) is 3.85. The van der Waals surface area contributed by atoms with Gasteiger partial charge in [0.15, 0.2) is 0 Å². The number of aromatic nitrogens is 2. The van der Waals surface area contributed by atoms with E-state index in [-0.39, 0.29) is 5.69 Å². The molecule has 4 aromatic carbocycles. The van der Waals surface area contributed by atoms with E-state index in [0.717, 1.165) is 28.1 Å². The van der Waals surface area contributed by atoms with Crippen LogP contribution in [0.15, 0.2) is 127 Å². The van der Waals surface area contributed by atoms with Gasteiger partial charge in [-0.2, -0.15) is 10.2 Å². The molecule has 0 aliphatic carbocycles. The SMILES string of the molecule is O=[N+]([O-])c1ccc(-c2nn(-c3ccccc3)cc2/C=N\N(Cc2ccccc2)c2ccccc2)cc1. The van der Waals surface area contributed by atoms with Crippen molar-refractivity contribution in [3.63, 3.8) is 0 Å². The summed E-state index contributed by atoms with van der Waals surface area (Å²) in [7, 11) is 0. The normalized spacial score (nSPS) is 11.0. The third kappa shape index (κ3) is 5.20. The predicted octanol–water partition coefficient (Wildman–Crippen LogP) is 6.49. The van der Waals surface area contributed by atoms with Gasteiger partial charge in [-0.1, -0.05) is 66.7 Å². The molecule has 0 bridgehead atoms. The largest absolute Gasteiger partial charge is 0.269 e. The van der Waals surface area contributed by atoms with Crippen molar-refractivity contribution in [1.82, 2.24) is 9.78 Å². The molecular formula is C29H23N5O2. The monoisotopic (exact) mass is 473 g/mol. The maximum Gasteiger partial charge on any atom is 0.269 e. The summed E-state index contributed by atoms with van der Waals surface area (Å²) in [5.74, 6) is 0. The van der Waals surface area contributed by atoms with E-state index in [2.05, 4.69) is 12.1 Å². The van der Waals surface area contributed by atoms with Crippen molar-refractivity contribution >= 4 is 17.6 Å². The molecule has 0 amide bonds. The number of anilines is 1. The van der Waals surface area contributed by atoms with Crippen LogP contribution in [0.5, 0.6) is 0 Å². The molecule has 7 heteroatoms. The summed E-state index contributed by atoms with van der Waals surface area (Å²) >= 11 is 0. The van der Waals surface area contributed by atoms with Crippen molar-refractivity contribution in [1.29, 1.82) is 0 Å². The molecule has 0 radical (unpaired) electrons. The number of hydrogen-bond donors (Lipinski definition) is 0. The van der Waals surface area contributed by atoms with E-state index >= 15 is 0 Å². The van der Waals surface area contributed by atoms with E-state index in [9.17, 15) is 10.1 Å². The van der Waals surface area contributed by atoms with Crippen LogP contribution in [0, 0.1) is 10.1 Å². The molecule has 0 aliphatic heterocycles. The molecule has 1 heterocycles. The van der Waals surface area contributed by atoms with Gasteiger partial charge < -0.3 is 0 Å². The zero-order valence-corrected chi connectivity index (χ0v) is 19.4. The average molecular weight is 474 g/mol. The predicted molar refractivity (Wildman–Crippen MR) is 142 cm³/mol. The lowest BCUT2D eigenvalue weighted by molar-refractivity contribution is -0.384. The van der Waals surface area contributed by atoms with E-state index in [1.54, 1.807) is 23.0 Å². The van der Waals surface area contributed by atoms with Crippen LogP contribution in [0.2, 0.25) is 0 Å². The molecule has 5 aromatic rings. The smallest absolute Gasteiger partial charge is 0.261 e.